The molecule has 0 bridgehead atoms. The second kappa shape index (κ2) is 8.98. The molecule has 1 fully saturated rings. The molecule has 1 aromatic heterocycles. The molecular weight excluding hydrogens is 394 g/mol. The number of nitrogens with zero attached hydrogens (tertiary/aromatic N) is 2. The van der Waals surface area contributed by atoms with Crippen LogP contribution in [0.1, 0.15) is 18.4 Å². The molecule has 0 saturated carbocycles. The summed E-state index contributed by atoms with van der Waals surface area (Å²) in [5.74, 6) is 1.42. The molecule has 1 N–H and O–H groups in total. The summed E-state index contributed by atoms with van der Waals surface area (Å²) in [5, 5.41) is 0. The number of sulfonamides is 1. The molecule has 1 aliphatic rings. The van der Waals surface area contributed by atoms with Crippen LogP contribution in [0.25, 0.3) is 0 Å². The van der Waals surface area contributed by atoms with Gasteiger partial charge in [0.2, 0.25) is 10.0 Å². The Bertz CT molecular complexity index is 1010. The number of pyridine rings is 1. The molecule has 0 spiro atoms. The van der Waals surface area contributed by atoms with E-state index in [1.165, 1.54) is 27.2 Å². The lowest BCUT2D eigenvalue weighted by Crippen LogP contribution is -3.07. The van der Waals surface area contributed by atoms with Crippen molar-refractivity contribution in [3.63, 3.8) is 0 Å². The highest BCUT2D eigenvalue weighted by Crippen LogP contribution is 2.24. The summed E-state index contributed by atoms with van der Waals surface area (Å²) in [4.78, 5) is 13.5. The minimum absolute atomic E-state index is 0.161. The Labute approximate surface area is 171 Å². The molecule has 2 heterocycles. The van der Waals surface area contributed by atoms with E-state index >= 15 is 0 Å². The molecule has 0 radical (unpaired) electrons. The highest BCUT2D eigenvalue weighted by atomic mass is 32.2. The molecular formula is C20H28N3O5S+. The summed E-state index contributed by atoms with van der Waals surface area (Å²) in [7, 11) is 1.58. The van der Waals surface area contributed by atoms with Crippen LogP contribution >= 0.6 is 0 Å². The van der Waals surface area contributed by atoms with Crippen LogP contribution in [0.3, 0.4) is 0 Å². The van der Waals surface area contributed by atoms with Crippen LogP contribution in [0, 0.1) is 0 Å². The van der Waals surface area contributed by atoms with Gasteiger partial charge in [0.25, 0.3) is 5.56 Å². The predicted octanol–water partition coefficient (Wildman–Crippen LogP) is 0.322. The second-order valence-corrected chi connectivity index (χ2v) is 9.19. The molecule has 29 heavy (non-hydrogen) atoms. The van der Waals surface area contributed by atoms with Gasteiger partial charge in [-0.25, -0.2) is 8.42 Å². The maximum Gasteiger partial charge on any atom is 0.254 e. The Balaban J connectivity index is 1.79. The van der Waals surface area contributed by atoms with E-state index in [9.17, 15) is 13.2 Å². The average Bonchev–Trinajstić information content (AvgIpc) is 3.25. The Morgan fingerprint density at radius 1 is 1.07 bits per heavy atom. The topological polar surface area (TPSA) is 82.3 Å². The van der Waals surface area contributed by atoms with Gasteiger partial charge < -0.3 is 14.4 Å². The van der Waals surface area contributed by atoms with Crippen molar-refractivity contribution in [3.05, 3.63) is 52.4 Å². The van der Waals surface area contributed by atoms with E-state index in [0.717, 1.165) is 23.3 Å². The van der Waals surface area contributed by atoms with Gasteiger partial charge in [-0.1, -0.05) is 0 Å². The minimum Gasteiger partial charge on any atom is -0.497 e. The number of hydrogen-bond donors (Lipinski definition) is 1. The maximum absolute atomic E-state index is 12.8. The fourth-order valence-corrected chi connectivity index (χ4v) is 5.07. The van der Waals surface area contributed by atoms with Crippen molar-refractivity contribution in [2.75, 3.05) is 34.4 Å². The number of methoxy groups -OCH3 is 2. The third-order valence-electron chi connectivity index (χ3n) is 5.09. The van der Waals surface area contributed by atoms with Gasteiger partial charge in [-0.05, 0) is 31.0 Å². The fourth-order valence-electron chi connectivity index (χ4n) is 3.53. The van der Waals surface area contributed by atoms with Crippen molar-refractivity contribution in [2.24, 2.45) is 0 Å². The van der Waals surface area contributed by atoms with E-state index in [1.807, 2.05) is 25.2 Å². The van der Waals surface area contributed by atoms with Crippen LogP contribution in [-0.4, -0.2) is 51.6 Å². The molecule has 0 amide bonds. The highest BCUT2D eigenvalue weighted by Gasteiger charge is 2.27. The largest absolute Gasteiger partial charge is 0.497 e. The van der Waals surface area contributed by atoms with Gasteiger partial charge in [-0.2, -0.15) is 4.31 Å². The standard InChI is InChI=1S/C20H27N3O5S/c1-21(13-16-6-7-17(27-2)12-19(16)28-3)15-22-14-18(8-9-20(22)24)29(25,26)23-10-4-5-11-23/h6-9,12,14H,4-5,10-11,13,15H2,1-3H3/p+1. The number of hydrogen-bond acceptors (Lipinski definition) is 5. The van der Waals surface area contributed by atoms with Gasteiger partial charge in [0, 0.05) is 37.0 Å². The van der Waals surface area contributed by atoms with Crippen molar-refractivity contribution >= 4 is 10.0 Å². The highest BCUT2D eigenvalue weighted by molar-refractivity contribution is 7.89. The van der Waals surface area contributed by atoms with E-state index in [1.54, 1.807) is 14.2 Å². The van der Waals surface area contributed by atoms with E-state index < -0.39 is 10.0 Å². The van der Waals surface area contributed by atoms with Crippen molar-refractivity contribution in [2.45, 2.75) is 31.0 Å². The fraction of sp³-hybridized carbons (Fsp3) is 0.450. The quantitative estimate of drug-likeness (QED) is 0.663. The zero-order valence-corrected chi connectivity index (χ0v) is 17.9. The van der Waals surface area contributed by atoms with E-state index in [0.29, 0.717) is 37.8 Å². The molecule has 9 heteroatoms. The number of quaternary nitrogens is 1. The average molecular weight is 423 g/mol. The number of benzene rings is 1. The monoisotopic (exact) mass is 422 g/mol. The molecule has 1 saturated heterocycles. The van der Waals surface area contributed by atoms with Crippen molar-refractivity contribution in [1.29, 1.82) is 0 Å². The number of rotatable bonds is 8. The molecule has 1 unspecified atom stereocenters. The summed E-state index contributed by atoms with van der Waals surface area (Å²) in [6.45, 7) is 1.99. The molecule has 8 nitrogen and oxygen atoms in total. The van der Waals surface area contributed by atoms with E-state index in [2.05, 4.69) is 0 Å². The molecule has 3 rings (SSSR count). The first-order valence-corrected chi connectivity index (χ1v) is 11.0. The summed E-state index contributed by atoms with van der Waals surface area (Å²) in [6.07, 6.45) is 3.19. The Morgan fingerprint density at radius 3 is 2.45 bits per heavy atom. The first-order chi connectivity index (χ1) is 13.8. The lowest BCUT2D eigenvalue weighted by molar-refractivity contribution is -0.917. The molecule has 1 atom stereocenters. The third kappa shape index (κ3) is 4.80. The number of ether oxygens (including phenoxy) is 2. The summed E-state index contributed by atoms with van der Waals surface area (Å²) < 4.78 is 39.2. The van der Waals surface area contributed by atoms with E-state index in [-0.39, 0.29) is 10.5 Å². The third-order valence-corrected chi connectivity index (χ3v) is 6.97. The van der Waals surface area contributed by atoms with Crippen LogP contribution in [0.5, 0.6) is 11.5 Å². The summed E-state index contributed by atoms with van der Waals surface area (Å²) in [5.41, 5.74) is 0.742. The second-order valence-electron chi connectivity index (χ2n) is 7.25. The Hall–Kier alpha value is -2.36. The van der Waals surface area contributed by atoms with Crippen LogP contribution < -0.4 is 19.9 Å². The number of aromatic nitrogens is 1. The van der Waals surface area contributed by atoms with Gasteiger partial charge in [0.15, 0.2) is 6.67 Å². The zero-order valence-electron chi connectivity index (χ0n) is 17.1. The minimum atomic E-state index is -3.56. The lowest BCUT2D eigenvalue weighted by atomic mass is 10.2. The SMILES string of the molecule is COc1ccc(C[NH+](C)Cn2cc(S(=O)(=O)N3CCCC3)ccc2=O)c(OC)c1. The van der Waals surface area contributed by atoms with Gasteiger partial charge in [0.1, 0.15) is 18.0 Å². The molecule has 1 aromatic carbocycles. The Kier molecular flexibility index (Phi) is 6.61. The summed E-state index contributed by atoms with van der Waals surface area (Å²) in [6, 6.07) is 8.33. The van der Waals surface area contributed by atoms with Gasteiger partial charge in [-0.3, -0.25) is 9.36 Å². The maximum atomic E-state index is 12.8. The van der Waals surface area contributed by atoms with E-state index in [4.69, 9.17) is 9.47 Å². The molecule has 2 aromatic rings. The number of nitrogens with one attached hydrogen (secondary N) is 1. The van der Waals surface area contributed by atoms with Crippen LogP contribution in [0.4, 0.5) is 0 Å². The van der Waals surface area contributed by atoms with Crippen LogP contribution in [0.2, 0.25) is 0 Å². The first-order valence-electron chi connectivity index (χ1n) is 9.58. The lowest BCUT2D eigenvalue weighted by Gasteiger charge is -2.19. The molecule has 158 valence electrons. The van der Waals surface area contributed by atoms with Crippen molar-refractivity contribution in [3.8, 4) is 11.5 Å². The Morgan fingerprint density at radius 2 is 1.79 bits per heavy atom. The molecule has 0 aliphatic carbocycles. The predicted molar refractivity (Wildman–Crippen MR) is 109 cm³/mol. The summed E-state index contributed by atoms with van der Waals surface area (Å²) >= 11 is 0. The normalized spacial score (nSPS) is 16.0. The van der Waals surface area contributed by atoms with Gasteiger partial charge >= 0.3 is 0 Å². The van der Waals surface area contributed by atoms with Gasteiger partial charge in [0.05, 0.1) is 26.2 Å². The zero-order chi connectivity index (χ0) is 21.0. The van der Waals surface area contributed by atoms with Crippen LogP contribution in [0.15, 0.2) is 46.2 Å². The van der Waals surface area contributed by atoms with Crippen molar-refractivity contribution in [1.82, 2.24) is 8.87 Å². The molecule has 1 aliphatic heterocycles. The van der Waals surface area contributed by atoms with Crippen molar-refractivity contribution < 1.29 is 22.8 Å². The smallest absolute Gasteiger partial charge is 0.254 e. The van der Waals surface area contributed by atoms with Gasteiger partial charge in [-0.15, -0.1) is 0 Å². The van der Waals surface area contributed by atoms with Crippen LogP contribution in [-0.2, 0) is 23.2 Å². The first kappa shape index (κ1) is 21.4.